The summed E-state index contributed by atoms with van der Waals surface area (Å²) in [6.45, 7) is 4.80. The average molecular weight is 289 g/mol. The fourth-order valence-corrected chi connectivity index (χ4v) is 2.13. The number of halogens is 1. The van der Waals surface area contributed by atoms with E-state index >= 15 is 0 Å². The Hall–Kier alpha value is -2.17. The van der Waals surface area contributed by atoms with Gasteiger partial charge in [-0.2, -0.15) is 5.10 Å². The first-order chi connectivity index (χ1) is 10.1. The van der Waals surface area contributed by atoms with Gasteiger partial charge in [0, 0.05) is 12.1 Å². The van der Waals surface area contributed by atoms with E-state index in [0.717, 1.165) is 30.8 Å². The van der Waals surface area contributed by atoms with E-state index in [-0.39, 0.29) is 18.1 Å². The van der Waals surface area contributed by atoms with Crippen molar-refractivity contribution in [3.63, 3.8) is 0 Å². The fraction of sp³-hybridized carbons (Fsp3) is 0.375. The first kappa shape index (κ1) is 15.2. The van der Waals surface area contributed by atoms with Crippen molar-refractivity contribution in [3.05, 3.63) is 47.4 Å². The number of aryl methyl sites for hydroxylation is 2. The number of aromatic nitrogens is 2. The summed E-state index contributed by atoms with van der Waals surface area (Å²) in [6.07, 6.45) is 3.97. The van der Waals surface area contributed by atoms with Crippen LogP contribution >= 0.6 is 0 Å². The Kier molecular flexibility index (Phi) is 5.09. The SMILES string of the molecule is CCCCn1ncc(C)c1NC(=O)Cc1cccc(F)c1. The minimum atomic E-state index is -0.329. The third-order valence-corrected chi connectivity index (χ3v) is 3.26. The van der Waals surface area contributed by atoms with E-state index in [1.165, 1.54) is 12.1 Å². The number of carbonyl (C=O) groups excluding carboxylic acids is 1. The van der Waals surface area contributed by atoms with Gasteiger partial charge in [0.25, 0.3) is 0 Å². The summed E-state index contributed by atoms with van der Waals surface area (Å²) in [5, 5.41) is 7.14. The van der Waals surface area contributed by atoms with Crippen molar-refractivity contribution >= 4 is 11.7 Å². The van der Waals surface area contributed by atoms with Crippen LogP contribution in [0, 0.1) is 12.7 Å². The second kappa shape index (κ2) is 7.02. The molecular formula is C16H20FN3O. The van der Waals surface area contributed by atoms with Crippen molar-refractivity contribution in [3.8, 4) is 0 Å². The van der Waals surface area contributed by atoms with E-state index in [2.05, 4.69) is 17.3 Å². The standard InChI is InChI=1S/C16H20FN3O/c1-3-4-8-20-16(12(2)11-18-20)19-15(21)10-13-6-5-7-14(17)9-13/h5-7,9,11H,3-4,8,10H2,1-2H3,(H,19,21). The van der Waals surface area contributed by atoms with Crippen molar-refractivity contribution in [1.29, 1.82) is 0 Å². The summed E-state index contributed by atoms with van der Waals surface area (Å²) >= 11 is 0. The zero-order valence-electron chi connectivity index (χ0n) is 12.4. The Morgan fingerprint density at radius 3 is 2.95 bits per heavy atom. The van der Waals surface area contributed by atoms with Gasteiger partial charge < -0.3 is 5.32 Å². The molecule has 0 aliphatic carbocycles. The highest BCUT2D eigenvalue weighted by atomic mass is 19.1. The maximum absolute atomic E-state index is 13.1. The third-order valence-electron chi connectivity index (χ3n) is 3.26. The molecule has 112 valence electrons. The van der Waals surface area contributed by atoms with Crippen molar-refractivity contribution in [1.82, 2.24) is 9.78 Å². The molecule has 2 aromatic rings. The number of carbonyl (C=O) groups is 1. The topological polar surface area (TPSA) is 46.9 Å². The third kappa shape index (κ3) is 4.15. The van der Waals surface area contributed by atoms with E-state index < -0.39 is 0 Å². The highest BCUT2D eigenvalue weighted by molar-refractivity contribution is 5.92. The van der Waals surface area contributed by atoms with E-state index in [4.69, 9.17) is 0 Å². The van der Waals surface area contributed by atoms with Crippen molar-refractivity contribution in [2.75, 3.05) is 5.32 Å². The number of hydrogen-bond acceptors (Lipinski definition) is 2. The van der Waals surface area contributed by atoms with Gasteiger partial charge in [-0.1, -0.05) is 25.5 Å². The molecule has 0 bridgehead atoms. The highest BCUT2D eigenvalue weighted by Gasteiger charge is 2.11. The molecule has 0 radical (unpaired) electrons. The quantitative estimate of drug-likeness (QED) is 0.886. The van der Waals surface area contributed by atoms with Crippen molar-refractivity contribution < 1.29 is 9.18 Å². The van der Waals surface area contributed by atoms with Crippen LogP contribution in [0.25, 0.3) is 0 Å². The van der Waals surface area contributed by atoms with Gasteiger partial charge in [0.1, 0.15) is 11.6 Å². The van der Waals surface area contributed by atoms with Crippen LogP contribution in [-0.4, -0.2) is 15.7 Å². The monoisotopic (exact) mass is 289 g/mol. The Bertz CT molecular complexity index is 622. The Labute approximate surface area is 124 Å². The lowest BCUT2D eigenvalue weighted by Crippen LogP contribution is -2.18. The van der Waals surface area contributed by atoms with E-state index in [9.17, 15) is 9.18 Å². The van der Waals surface area contributed by atoms with Crippen LogP contribution < -0.4 is 5.32 Å². The molecule has 0 atom stereocenters. The average Bonchev–Trinajstić information content (AvgIpc) is 2.77. The van der Waals surface area contributed by atoms with Gasteiger partial charge in [-0.15, -0.1) is 0 Å². The maximum Gasteiger partial charge on any atom is 0.229 e. The number of amides is 1. The molecule has 0 aliphatic heterocycles. The molecule has 1 amide bonds. The van der Waals surface area contributed by atoms with Gasteiger partial charge in [0.2, 0.25) is 5.91 Å². The second-order valence-electron chi connectivity index (χ2n) is 5.11. The van der Waals surface area contributed by atoms with Gasteiger partial charge in [0.05, 0.1) is 12.6 Å². The predicted octanol–water partition coefficient (Wildman–Crippen LogP) is 3.31. The number of rotatable bonds is 6. The largest absolute Gasteiger partial charge is 0.310 e. The number of nitrogens with one attached hydrogen (secondary N) is 1. The molecule has 2 rings (SSSR count). The number of anilines is 1. The molecule has 5 heteroatoms. The van der Waals surface area contributed by atoms with Crippen LogP contribution in [-0.2, 0) is 17.8 Å². The van der Waals surface area contributed by atoms with Crippen molar-refractivity contribution in [2.45, 2.75) is 39.7 Å². The lowest BCUT2D eigenvalue weighted by atomic mass is 10.1. The molecule has 21 heavy (non-hydrogen) atoms. The predicted molar refractivity (Wildman–Crippen MR) is 80.6 cm³/mol. The van der Waals surface area contributed by atoms with E-state index in [0.29, 0.717) is 5.56 Å². The first-order valence-electron chi connectivity index (χ1n) is 7.17. The van der Waals surface area contributed by atoms with Crippen LogP contribution in [0.5, 0.6) is 0 Å². The van der Waals surface area contributed by atoms with Gasteiger partial charge in [-0.25, -0.2) is 9.07 Å². The Balaban J connectivity index is 2.04. The number of benzene rings is 1. The smallest absolute Gasteiger partial charge is 0.229 e. The molecule has 1 aromatic heterocycles. The summed E-state index contributed by atoms with van der Waals surface area (Å²) in [7, 11) is 0. The van der Waals surface area contributed by atoms with Gasteiger partial charge >= 0.3 is 0 Å². The Morgan fingerprint density at radius 1 is 1.43 bits per heavy atom. The summed E-state index contributed by atoms with van der Waals surface area (Å²) in [6, 6.07) is 6.09. The molecule has 0 aliphatic rings. The van der Waals surface area contributed by atoms with Gasteiger partial charge in [0.15, 0.2) is 0 Å². The molecule has 0 spiro atoms. The summed E-state index contributed by atoms with van der Waals surface area (Å²) in [5.41, 5.74) is 1.59. The molecule has 0 saturated carbocycles. The van der Waals surface area contributed by atoms with Gasteiger partial charge in [-0.3, -0.25) is 4.79 Å². The molecule has 0 unspecified atom stereocenters. The van der Waals surface area contributed by atoms with Crippen LogP contribution in [0.2, 0.25) is 0 Å². The zero-order valence-corrected chi connectivity index (χ0v) is 12.4. The molecule has 1 heterocycles. The minimum Gasteiger partial charge on any atom is -0.310 e. The molecule has 1 N–H and O–H groups in total. The lowest BCUT2D eigenvalue weighted by Gasteiger charge is -2.10. The van der Waals surface area contributed by atoms with Crippen LogP contribution in [0.4, 0.5) is 10.2 Å². The summed E-state index contributed by atoms with van der Waals surface area (Å²) < 4.78 is 14.9. The van der Waals surface area contributed by atoms with Crippen LogP contribution in [0.15, 0.2) is 30.5 Å². The van der Waals surface area contributed by atoms with Crippen LogP contribution in [0.3, 0.4) is 0 Å². The number of hydrogen-bond donors (Lipinski definition) is 1. The van der Waals surface area contributed by atoms with Crippen molar-refractivity contribution in [2.24, 2.45) is 0 Å². The lowest BCUT2D eigenvalue weighted by molar-refractivity contribution is -0.115. The van der Waals surface area contributed by atoms with E-state index in [1.807, 2.05) is 11.6 Å². The second-order valence-corrected chi connectivity index (χ2v) is 5.11. The number of nitrogens with zero attached hydrogens (tertiary/aromatic N) is 2. The maximum atomic E-state index is 13.1. The van der Waals surface area contributed by atoms with Gasteiger partial charge in [-0.05, 0) is 31.0 Å². The molecular weight excluding hydrogens is 269 g/mol. The Morgan fingerprint density at radius 2 is 2.24 bits per heavy atom. The number of unbranched alkanes of at least 4 members (excludes halogenated alkanes) is 1. The highest BCUT2D eigenvalue weighted by Crippen LogP contribution is 2.15. The van der Waals surface area contributed by atoms with E-state index in [1.54, 1.807) is 18.3 Å². The fourth-order valence-electron chi connectivity index (χ4n) is 2.13. The molecule has 4 nitrogen and oxygen atoms in total. The summed E-state index contributed by atoms with van der Waals surface area (Å²) in [4.78, 5) is 12.1. The normalized spacial score (nSPS) is 10.6. The zero-order chi connectivity index (χ0) is 15.2. The molecule has 0 saturated heterocycles. The summed E-state index contributed by atoms with van der Waals surface area (Å²) in [5.74, 6) is 0.233. The minimum absolute atomic E-state index is 0.149. The molecule has 1 aromatic carbocycles. The first-order valence-corrected chi connectivity index (χ1v) is 7.17. The molecule has 0 fully saturated rings. The van der Waals surface area contributed by atoms with Crippen LogP contribution in [0.1, 0.15) is 30.9 Å².